The van der Waals surface area contributed by atoms with Gasteiger partial charge in [-0.2, -0.15) is 0 Å². The summed E-state index contributed by atoms with van der Waals surface area (Å²) in [6, 6.07) is 11.6. The highest BCUT2D eigenvalue weighted by Crippen LogP contribution is 2.33. The number of furan rings is 1. The predicted octanol–water partition coefficient (Wildman–Crippen LogP) is 5.18. The highest BCUT2D eigenvalue weighted by atomic mass is 127. The summed E-state index contributed by atoms with van der Waals surface area (Å²) in [4.78, 5) is 13.5. The van der Waals surface area contributed by atoms with Crippen LogP contribution < -0.4 is 10.1 Å². The predicted molar refractivity (Wildman–Crippen MR) is 133 cm³/mol. The smallest absolute Gasteiger partial charge is 0.197 e. The van der Waals surface area contributed by atoms with Crippen LogP contribution in [0.25, 0.3) is 11.0 Å². The molecule has 0 amide bonds. The zero-order valence-corrected chi connectivity index (χ0v) is 21.1. The molecular formula is C23H26I2NO3+. The van der Waals surface area contributed by atoms with E-state index in [1.54, 1.807) is 0 Å². The van der Waals surface area contributed by atoms with E-state index in [0.29, 0.717) is 17.7 Å². The van der Waals surface area contributed by atoms with Gasteiger partial charge >= 0.3 is 0 Å². The quantitative estimate of drug-likeness (QED) is 0.194. The Labute approximate surface area is 199 Å². The van der Waals surface area contributed by atoms with Crippen LogP contribution in [0.15, 0.2) is 40.8 Å². The summed E-state index contributed by atoms with van der Waals surface area (Å²) in [5.74, 6) is 1.66. The summed E-state index contributed by atoms with van der Waals surface area (Å²) in [6.45, 7) is 6.89. The molecule has 0 aliphatic rings. The molecule has 0 aliphatic heterocycles. The van der Waals surface area contributed by atoms with Gasteiger partial charge in [-0.05, 0) is 76.7 Å². The molecule has 2 N–H and O–H groups in total. The molecule has 0 aliphatic carbocycles. The normalized spacial score (nSPS) is 11.2. The maximum atomic E-state index is 13.5. The lowest BCUT2D eigenvalue weighted by Gasteiger charge is -2.12. The van der Waals surface area contributed by atoms with Crippen LogP contribution in [-0.4, -0.2) is 25.5 Å². The number of rotatable bonds is 10. The Hall–Kier alpha value is -1.13. The number of likely N-dealkylation sites (N-methyl/N-ethyl adjacent to an activating group) is 1. The average molecular weight is 618 g/mol. The first kappa shape index (κ1) is 22.6. The van der Waals surface area contributed by atoms with Crippen molar-refractivity contribution in [2.75, 3.05) is 19.7 Å². The van der Waals surface area contributed by atoms with Gasteiger partial charge in [-0.25, -0.2) is 0 Å². The Balaban J connectivity index is 1.94. The van der Waals surface area contributed by atoms with Crippen molar-refractivity contribution in [1.29, 1.82) is 0 Å². The van der Waals surface area contributed by atoms with E-state index in [2.05, 4.69) is 64.3 Å². The number of nitrogens with two attached hydrogens (primary N) is 1. The number of hydrogen-bond donors (Lipinski definition) is 1. The van der Waals surface area contributed by atoms with Crippen LogP contribution in [0, 0.1) is 7.14 Å². The fourth-order valence-electron chi connectivity index (χ4n) is 3.28. The lowest BCUT2D eigenvalue weighted by molar-refractivity contribution is -0.652. The first-order valence-corrected chi connectivity index (χ1v) is 12.2. The van der Waals surface area contributed by atoms with Crippen molar-refractivity contribution in [2.45, 2.75) is 33.1 Å². The van der Waals surface area contributed by atoms with Gasteiger partial charge in [0.1, 0.15) is 30.2 Å². The summed E-state index contributed by atoms with van der Waals surface area (Å²) < 4.78 is 13.9. The van der Waals surface area contributed by atoms with Gasteiger partial charge in [-0.3, -0.25) is 4.79 Å². The molecule has 3 aromatic rings. The molecule has 0 atom stereocenters. The molecule has 0 saturated heterocycles. The number of ether oxygens (including phenoxy) is 1. The second kappa shape index (κ2) is 10.8. The molecule has 1 heterocycles. The minimum absolute atomic E-state index is 0.0164. The van der Waals surface area contributed by atoms with Crippen molar-refractivity contribution in [3.63, 3.8) is 0 Å². The fraction of sp³-hybridized carbons (Fsp3) is 0.348. The third-order valence-electron chi connectivity index (χ3n) is 4.77. The molecule has 1 aromatic heterocycles. The number of aryl methyl sites for hydroxylation is 1. The van der Waals surface area contributed by atoms with Gasteiger partial charge in [0.15, 0.2) is 5.78 Å². The number of unbranched alkanes of at least 4 members (excludes halogenated alkanes) is 1. The Bertz CT molecular complexity index is 974. The molecule has 0 fully saturated rings. The van der Waals surface area contributed by atoms with Crippen molar-refractivity contribution in [2.24, 2.45) is 0 Å². The number of ketones is 1. The number of hydrogen-bond acceptors (Lipinski definition) is 3. The molecule has 4 nitrogen and oxygen atoms in total. The zero-order valence-electron chi connectivity index (χ0n) is 16.8. The third kappa shape index (κ3) is 5.32. The van der Waals surface area contributed by atoms with E-state index in [0.717, 1.165) is 62.0 Å². The number of halogens is 2. The number of quaternary nitrogens is 1. The number of carbonyl (C=O) groups excluding carboxylic acids is 1. The van der Waals surface area contributed by atoms with E-state index in [-0.39, 0.29) is 5.78 Å². The minimum atomic E-state index is 0.0164. The fourth-order valence-corrected chi connectivity index (χ4v) is 5.36. The van der Waals surface area contributed by atoms with Gasteiger partial charge in [0.2, 0.25) is 0 Å². The Morgan fingerprint density at radius 1 is 1.14 bits per heavy atom. The van der Waals surface area contributed by atoms with Crippen molar-refractivity contribution in [1.82, 2.24) is 0 Å². The van der Waals surface area contributed by atoms with Gasteiger partial charge in [-0.15, -0.1) is 0 Å². The Morgan fingerprint density at radius 2 is 1.86 bits per heavy atom. The molecule has 0 bridgehead atoms. The van der Waals surface area contributed by atoms with Crippen LogP contribution in [0.1, 0.15) is 48.4 Å². The summed E-state index contributed by atoms with van der Waals surface area (Å²) in [5, 5.41) is 3.10. The van der Waals surface area contributed by atoms with Crippen molar-refractivity contribution >= 4 is 61.9 Å². The van der Waals surface area contributed by atoms with Gasteiger partial charge in [0, 0.05) is 17.4 Å². The number of fused-ring (bicyclic) bond motifs is 1. The van der Waals surface area contributed by atoms with Crippen LogP contribution in [0.4, 0.5) is 0 Å². The summed E-state index contributed by atoms with van der Waals surface area (Å²) >= 11 is 4.52. The van der Waals surface area contributed by atoms with Crippen LogP contribution in [0.2, 0.25) is 0 Å². The standard InChI is InChI=1S/C23H25I2NO3/c1-3-5-9-20-21(16-8-6-7-10-19(16)29-20)22(27)15-13-17(24)23(18(25)14-15)28-12-11-26-4-2/h6-8,10,13-14,26H,3-5,9,11-12H2,1-2H3/p+1. The molecule has 2 aromatic carbocycles. The van der Waals surface area contributed by atoms with Crippen molar-refractivity contribution in [3.8, 4) is 5.75 Å². The van der Waals surface area contributed by atoms with Crippen LogP contribution in [0.5, 0.6) is 5.75 Å². The Kier molecular flexibility index (Phi) is 8.37. The second-order valence-electron chi connectivity index (χ2n) is 6.93. The van der Waals surface area contributed by atoms with Gasteiger partial charge in [0.25, 0.3) is 0 Å². The molecule has 0 spiro atoms. The molecule has 29 heavy (non-hydrogen) atoms. The van der Waals surface area contributed by atoms with E-state index < -0.39 is 0 Å². The van der Waals surface area contributed by atoms with Gasteiger partial charge in [0.05, 0.1) is 19.2 Å². The van der Waals surface area contributed by atoms with Crippen molar-refractivity contribution < 1.29 is 19.3 Å². The molecular weight excluding hydrogens is 592 g/mol. The van der Waals surface area contributed by atoms with Crippen LogP contribution in [0.3, 0.4) is 0 Å². The van der Waals surface area contributed by atoms with E-state index >= 15 is 0 Å². The second-order valence-corrected chi connectivity index (χ2v) is 9.26. The summed E-state index contributed by atoms with van der Waals surface area (Å²) in [7, 11) is 0. The molecule has 0 unspecified atom stereocenters. The van der Waals surface area contributed by atoms with E-state index in [9.17, 15) is 4.79 Å². The minimum Gasteiger partial charge on any atom is -0.485 e. The topological polar surface area (TPSA) is 56.0 Å². The van der Waals surface area contributed by atoms with E-state index in [1.165, 1.54) is 0 Å². The molecule has 6 heteroatoms. The van der Waals surface area contributed by atoms with Crippen LogP contribution >= 0.6 is 45.2 Å². The first-order chi connectivity index (χ1) is 14.1. The number of para-hydroxylation sites is 1. The van der Waals surface area contributed by atoms with E-state index in [1.807, 2.05) is 36.4 Å². The zero-order chi connectivity index (χ0) is 20.8. The lowest BCUT2D eigenvalue weighted by Crippen LogP contribution is -2.84. The molecule has 0 saturated carbocycles. The maximum Gasteiger partial charge on any atom is 0.197 e. The van der Waals surface area contributed by atoms with Crippen molar-refractivity contribution in [3.05, 3.63) is 60.4 Å². The maximum absolute atomic E-state index is 13.5. The lowest BCUT2D eigenvalue weighted by atomic mass is 9.98. The highest BCUT2D eigenvalue weighted by molar-refractivity contribution is 14.1. The van der Waals surface area contributed by atoms with Gasteiger partial charge < -0.3 is 14.5 Å². The molecule has 154 valence electrons. The largest absolute Gasteiger partial charge is 0.485 e. The average Bonchev–Trinajstić information content (AvgIpc) is 3.08. The van der Waals surface area contributed by atoms with Gasteiger partial charge in [-0.1, -0.05) is 31.5 Å². The first-order valence-electron chi connectivity index (χ1n) is 10.0. The SMILES string of the molecule is CCCCc1oc2ccccc2c1C(=O)c1cc(I)c(OCC[NH2+]CC)c(I)c1. The Morgan fingerprint density at radius 3 is 2.55 bits per heavy atom. The monoisotopic (exact) mass is 618 g/mol. The summed E-state index contributed by atoms with van der Waals surface area (Å²) in [5.41, 5.74) is 2.15. The molecule has 0 radical (unpaired) electrons. The number of benzene rings is 2. The molecule has 3 rings (SSSR count). The highest BCUT2D eigenvalue weighted by Gasteiger charge is 2.23. The number of carbonyl (C=O) groups is 1. The summed E-state index contributed by atoms with van der Waals surface area (Å²) in [6.07, 6.45) is 2.83. The van der Waals surface area contributed by atoms with Crippen LogP contribution in [-0.2, 0) is 6.42 Å². The van der Waals surface area contributed by atoms with E-state index in [4.69, 9.17) is 9.15 Å². The third-order valence-corrected chi connectivity index (χ3v) is 6.37.